The largest absolute Gasteiger partial charge is 0.394 e. The van der Waals surface area contributed by atoms with Gasteiger partial charge in [-0.15, -0.1) is 0 Å². The zero-order chi connectivity index (χ0) is 9.73. The van der Waals surface area contributed by atoms with E-state index in [1.165, 1.54) is 5.19 Å². The Bertz CT molecular complexity index is 250. The monoisotopic (exact) mass is 196 g/mol. The van der Waals surface area contributed by atoms with Gasteiger partial charge in [0.25, 0.3) is 0 Å². The summed E-state index contributed by atoms with van der Waals surface area (Å²) in [6.07, 6.45) is 0. The minimum Gasteiger partial charge on any atom is -0.394 e. The molecular formula is C10H16O2Si. The third kappa shape index (κ3) is 2.40. The molecule has 1 atom stereocenters. The third-order valence-corrected chi connectivity index (χ3v) is 5.11. The molecule has 0 aliphatic carbocycles. The highest BCUT2D eigenvalue weighted by Crippen LogP contribution is 2.05. The van der Waals surface area contributed by atoms with Crippen LogP contribution in [0.25, 0.3) is 0 Å². The normalized spacial score (nSPS) is 15.3. The van der Waals surface area contributed by atoms with E-state index in [9.17, 15) is 0 Å². The maximum Gasteiger partial charge on any atom is 0.369 e. The Kier molecular flexibility index (Phi) is 3.66. The third-order valence-electron chi connectivity index (χ3n) is 2.11. The zero-order valence-corrected chi connectivity index (χ0v) is 9.41. The van der Waals surface area contributed by atoms with E-state index in [0.29, 0.717) is 6.61 Å². The molecule has 0 bridgehead atoms. The van der Waals surface area contributed by atoms with E-state index in [-0.39, 0.29) is 0 Å². The maximum atomic E-state index is 5.68. The van der Waals surface area contributed by atoms with Gasteiger partial charge in [-0.05, 0) is 18.7 Å². The van der Waals surface area contributed by atoms with Crippen molar-refractivity contribution in [2.45, 2.75) is 13.5 Å². The molecule has 0 aliphatic heterocycles. The van der Waals surface area contributed by atoms with Crippen molar-refractivity contribution in [3.05, 3.63) is 30.3 Å². The SMILES string of the molecule is CCO[Si](C)(OC)c1ccccc1. The standard InChI is InChI=1S/C10H16O2Si/c1-4-12-13(3,11-2)10-8-6-5-7-9-10/h5-9H,4H2,1-3H3. The van der Waals surface area contributed by atoms with E-state index in [4.69, 9.17) is 8.85 Å². The van der Waals surface area contributed by atoms with E-state index in [0.717, 1.165) is 0 Å². The van der Waals surface area contributed by atoms with Crippen LogP contribution in [0.3, 0.4) is 0 Å². The fourth-order valence-electron chi connectivity index (χ4n) is 1.28. The van der Waals surface area contributed by atoms with Crippen molar-refractivity contribution >= 4 is 13.7 Å². The average Bonchev–Trinajstić information content (AvgIpc) is 2.19. The predicted molar refractivity (Wildman–Crippen MR) is 56.3 cm³/mol. The molecule has 0 amide bonds. The van der Waals surface area contributed by atoms with Gasteiger partial charge in [-0.25, -0.2) is 0 Å². The lowest BCUT2D eigenvalue weighted by atomic mass is 10.4. The molecule has 0 fully saturated rings. The quantitative estimate of drug-likeness (QED) is 0.682. The second-order valence-electron chi connectivity index (χ2n) is 2.95. The summed E-state index contributed by atoms with van der Waals surface area (Å²) < 4.78 is 11.2. The summed E-state index contributed by atoms with van der Waals surface area (Å²) in [5.41, 5.74) is 0. The molecule has 0 N–H and O–H groups in total. The van der Waals surface area contributed by atoms with Crippen molar-refractivity contribution in [2.75, 3.05) is 13.7 Å². The van der Waals surface area contributed by atoms with Crippen molar-refractivity contribution in [2.24, 2.45) is 0 Å². The molecule has 13 heavy (non-hydrogen) atoms. The van der Waals surface area contributed by atoms with Crippen LogP contribution in [-0.4, -0.2) is 22.3 Å². The molecule has 3 heteroatoms. The molecule has 0 spiro atoms. The molecule has 0 aromatic heterocycles. The van der Waals surface area contributed by atoms with Crippen molar-refractivity contribution in [1.82, 2.24) is 0 Å². The van der Waals surface area contributed by atoms with E-state index >= 15 is 0 Å². The van der Waals surface area contributed by atoms with Crippen LogP contribution in [0.2, 0.25) is 6.55 Å². The number of hydrogen-bond acceptors (Lipinski definition) is 2. The molecule has 1 unspecified atom stereocenters. The van der Waals surface area contributed by atoms with Gasteiger partial charge >= 0.3 is 8.56 Å². The van der Waals surface area contributed by atoms with Crippen LogP contribution in [-0.2, 0) is 8.85 Å². The highest BCUT2D eigenvalue weighted by atomic mass is 28.4. The van der Waals surface area contributed by atoms with Gasteiger partial charge in [0.15, 0.2) is 0 Å². The molecule has 0 aliphatic rings. The second kappa shape index (κ2) is 4.55. The molecule has 1 aromatic carbocycles. The minimum absolute atomic E-state index is 0.700. The van der Waals surface area contributed by atoms with Crippen LogP contribution in [0.5, 0.6) is 0 Å². The van der Waals surface area contributed by atoms with Gasteiger partial charge < -0.3 is 8.85 Å². The van der Waals surface area contributed by atoms with Crippen molar-refractivity contribution < 1.29 is 8.85 Å². The van der Waals surface area contributed by atoms with Crippen molar-refractivity contribution in [3.63, 3.8) is 0 Å². The van der Waals surface area contributed by atoms with Gasteiger partial charge in [0, 0.05) is 13.7 Å². The number of rotatable bonds is 4. The predicted octanol–water partition coefficient (Wildman–Crippen LogP) is 1.65. The highest BCUT2D eigenvalue weighted by molar-refractivity contribution is 6.79. The Morgan fingerprint density at radius 3 is 2.31 bits per heavy atom. The summed E-state index contributed by atoms with van der Waals surface area (Å²) >= 11 is 0. The van der Waals surface area contributed by atoms with Gasteiger partial charge in [-0.2, -0.15) is 0 Å². The van der Waals surface area contributed by atoms with E-state index < -0.39 is 8.56 Å². The van der Waals surface area contributed by atoms with Crippen LogP contribution >= 0.6 is 0 Å². The first-order chi connectivity index (χ1) is 6.23. The Morgan fingerprint density at radius 1 is 1.23 bits per heavy atom. The fraction of sp³-hybridized carbons (Fsp3) is 0.400. The smallest absolute Gasteiger partial charge is 0.369 e. The Morgan fingerprint density at radius 2 is 1.85 bits per heavy atom. The average molecular weight is 196 g/mol. The van der Waals surface area contributed by atoms with E-state index in [2.05, 4.69) is 18.7 Å². The Labute approximate surface area is 80.7 Å². The lowest BCUT2D eigenvalue weighted by Crippen LogP contribution is -2.50. The molecule has 2 nitrogen and oxygen atoms in total. The van der Waals surface area contributed by atoms with Crippen LogP contribution in [0.15, 0.2) is 30.3 Å². The first-order valence-corrected chi connectivity index (χ1v) is 6.79. The van der Waals surface area contributed by atoms with Crippen molar-refractivity contribution in [3.8, 4) is 0 Å². The summed E-state index contributed by atoms with van der Waals surface area (Å²) in [5.74, 6) is 0. The van der Waals surface area contributed by atoms with Gasteiger partial charge in [-0.1, -0.05) is 30.3 Å². The van der Waals surface area contributed by atoms with E-state index in [1.807, 2.05) is 25.1 Å². The summed E-state index contributed by atoms with van der Waals surface area (Å²) in [4.78, 5) is 0. The van der Waals surface area contributed by atoms with Crippen LogP contribution in [0, 0.1) is 0 Å². The molecule has 0 saturated carbocycles. The first-order valence-electron chi connectivity index (χ1n) is 4.47. The van der Waals surface area contributed by atoms with Crippen LogP contribution in [0.4, 0.5) is 0 Å². The Hall–Kier alpha value is -0.643. The molecule has 0 radical (unpaired) electrons. The minimum atomic E-state index is -2.10. The number of benzene rings is 1. The van der Waals surface area contributed by atoms with Crippen molar-refractivity contribution in [1.29, 1.82) is 0 Å². The lowest BCUT2D eigenvalue weighted by molar-refractivity contribution is 0.229. The van der Waals surface area contributed by atoms with Gasteiger partial charge in [-0.3, -0.25) is 0 Å². The molecular weight excluding hydrogens is 180 g/mol. The molecule has 72 valence electrons. The second-order valence-corrected chi connectivity index (χ2v) is 6.11. The Balaban J connectivity index is 2.89. The van der Waals surface area contributed by atoms with Gasteiger partial charge in [0.05, 0.1) is 0 Å². The van der Waals surface area contributed by atoms with Crippen LogP contribution in [0.1, 0.15) is 6.92 Å². The van der Waals surface area contributed by atoms with Crippen LogP contribution < -0.4 is 5.19 Å². The summed E-state index contributed by atoms with van der Waals surface area (Å²) in [6.45, 7) is 4.75. The summed E-state index contributed by atoms with van der Waals surface area (Å²) in [7, 11) is -0.382. The summed E-state index contributed by atoms with van der Waals surface area (Å²) in [5, 5.41) is 1.18. The first kappa shape index (κ1) is 10.4. The maximum absolute atomic E-state index is 5.68. The zero-order valence-electron chi connectivity index (χ0n) is 8.41. The number of hydrogen-bond donors (Lipinski definition) is 0. The van der Waals surface area contributed by atoms with E-state index in [1.54, 1.807) is 7.11 Å². The van der Waals surface area contributed by atoms with Gasteiger partial charge in [0.2, 0.25) is 0 Å². The lowest BCUT2D eigenvalue weighted by Gasteiger charge is -2.24. The highest BCUT2D eigenvalue weighted by Gasteiger charge is 2.31. The molecule has 0 heterocycles. The van der Waals surface area contributed by atoms with Gasteiger partial charge in [0.1, 0.15) is 0 Å². The molecule has 0 saturated heterocycles. The summed E-state index contributed by atoms with van der Waals surface area (Å²) in [6, 6.07) is 10.1. The topological polar surface area (TPSA) is 18.5 Å². The molecule has 1 aromatic rings. The fourth-order valence-corrected chi connectivity index (χ4v) is 3.15. The molecule has 1 rings (SSSR count).